The molecular weight excluding hydrogens is 230 g/mol. The first-order chi connectivity index (χ1) is 7.65. The highest BCUT2D eigenvalue weighted by atomic mass is 32.2. The number of furan rings is 1. The van der Waals surface area contributed by atoms with Crippen LogP contribution in [-0.4, -0.2) is 28.8 Å². The Balaban J connectivity index is 1.85. The molecule has 2 heterocycles. The number of carboxylic acid groups (broad SMARTS) is 1. The Morgan fingerprint density at radius 1 is 1.62 bits per heavy atom. The fourth-order valence-electron chi connectivity index (χ4n) is 1.50. The molecule has 1 saturated heterocycles. The molecule has 1 atom stereocenters. The summed E-state index contributed by atoms with van der Waals surface area (Å²) in [5.41, 5.74) is 0. The average molecular weight is 241 g/mol. The highest BCUT2D eigenvalue weighted by Crippen LogP contribution is 2.23. The average Bonchev–Trinajstić information content (AvgIpc) is 2.83. The van der Waals surface area contributed by atoms with E-state index in [-0.39, 0.29) is 17.7 Å². The van der Waals surface area contributed by atoms with Gasteiger partial charge < -0.3 is 14.8 Å². The number of hydrogen-bond acceptors (Lipinski definition) is 4. The van der Waals surface area contributed by atoms with Crippen LogP contribution < -0.4 is 5.32 Å². The molecule has 6 heteroatoms. The SMILES string of the molecule is O=C1CCC(CSc2ccc(C(=O)O)o2)N1. The number of rotatable bonds is 4. The lowest BCUT2D eigenvalue weighted by Crippen LogP contribution is -2.27. The zero-order valence-electron chi connectivity index (χ0n) is 8.43. The highest BCUT2D eigenvalue weighted by molar-refractivity contribution is 7.99. The Labute approximate surface area is 96.2 Å². The molecule has 86 valence electrons. The lowest BCUT2D eigenvalue weighted by atomic mass is 10.2. The van der Waals surface area contributed by atoms with E-state index in [0.29, 0.717) is 17.3 Å². The van der Waals surface area contributed by atoms with Gasteiger partial charge in [0.25, 0.3) is 0 Å². The molecule has 0 saturated carbocycles. The fourth-order valence-corrected chi connectivity index (χ4v) is 2.43. The molecule has 1 fully saturated rings. The van der Waals surface area contributed by atoms with Crippen molar-refractivity contribution in [3.05, 3.63) is 17.9 Å². The van der Waals surface area contributed by atoms with Gasteiger partial charge in [0.2, 0.25) is 11.7 Å². The number of hydrogen-bond donors (Lipinski definition) is 2. The summed E-state index contributed by atoms with van der Waals surface area (Å²) in [6, 6.07) is 3.22. The normalized spacial score (nSPS) is 19.8. The van der Waals surface area contributed by atoms with E-state index in [1.165, 1.54) is 17.8 Å². The molecule has 1 amide bonds. The molecule has 1 aromatic rings. The van der Waals surface area contributed by atoms with Crippen molar-refractivity contribution in [3.8, 4) is 0 Å². The van der Waals surface area contributed by atoms with Gasteiger partial charge in [-0.25, -0.2) is 4.79 Å². The number of thioether (sulfide) groups is 1. The topological polar surface area (TPSA) is 79.5 Å². The minimum Gasteiger partial charge on any atom is -0.475 e. The van der Waals surface area contributed by atoms with Gasteiger partial charge in [-0.1, -0.05) is 11.8 Å². The molecule has 0 bridgehead atoms. The summed E-state index contributed by atoms with van der Waals surface area (Å²) in [6.45, 7) is 0. The van der Waals surface area contributed by atoms with Crippen LogP contribution in [0.15, 0.2) is 21.6 Å². The van der Waals surface area contributed by atoms with Crippen LogP contribution >= 0.6 is 11.8 Å². The van der Waals surface area contributed by atoms with E-state index in [1.807, 2.05) is 0 Å². The van der Waals surface area contributed by atoms with Crippen molar-refractivity contribution in [2.24, 2.45) is 0 Å². The van der Waals surface area contributed by atoms with Gasteiger partial charge in [-0.15, -0.1) is 0 Å². The van der Waals surface area contributed by atoms with Crippen molar-refractivity contribution in [1.82, 2.24) is 5.32 Å². The molecule has 0 spiro atoms. The molecule has 1 aliphatic heterocycles. The van der Waals surface area contributed by atoms with E-state index in [0.717, 1.165) is 6.42 Å². The molecule has 1 aliphatic rings. The van der Waals surface area contributed by atoms with Crippen LogP contribution in [0.1, 0.15) is 23.4 Å². The van der Waals surface area contributed by atoms with E-state index >= 15 is 0 Å². The second-order valence-electron chi connectivity index (χ2n) is 3.54. The summed E-state index contributed by atoms with van der Waals surface area (Å²) < 4.78 is 5.08. The zero-order chi connectivity index (χ0) is 11.5. The fraction of sp³-hybridized carbons (Fsp3) is 0.400. The summed E-state index contributed by atoms with van der Waals surface area (Å²) in [5, 5.41) is 12.1. The van der Waals surface area contributed by atoms with Crippen molar-refractivity contribution >= 4 is 23.6 Å². The zero-order valence-corrected chi connectivity index (χ0v) is 9.25. The van der Waals surface area contributed by atoms with E-state index in [9.17, 15) is 9.59 Å². The van der Waals surface area contributed by atoms with E-state index < -0.39 is 5.97 Å². The van der Waals surface area contributed by atoms with Crippen LogP contribution in [0.3, 0.4) is 0 Å². The van der Waals surface area contributed by atoms with Gasteiger partial charge in [-0.3, -0.25) is 4.79 Å². The molecule has 5 nitrogen and oxygen atoms in total. The standard InChI is InChI=1S/C10H11NO4S/c12-8-3-1-6(11-8)5-16-9-4-2-7(15-9)10(13)14/h2,4,6H,1,3,5H2,(H,11,12)(H,13,14). The minimum atomic E-state index is -1.07. The van der Waals surface area contributed by atoms with Gasteiger partial charge in [0.1, 0.15) is 0 Å². The predicted molar refractivity (Wildman–Crippen MR) is 57.6 cm³/mol. The maximum Gasteiger partial charge on any atom is 0.371 e. The predicted octanol–water partition coefficient (Wildman–Crippen LogP) is 1.35. The van der Waals surface area contributed by atoms with Gasteiger partial charge >= 0.3 is 5.97 Å². The van der Waals surface area contributed by atoms with Crippen LogP contribution in [0.25, 0.3) is 0 Å². The van der Waals surface area contributed by atoms with Gasteiger partial charge in [-0.2, -0.15) is 0 Å². The summed E-state index contributed by atoms with van der Waals surface area (Å²) in [4.78, 5) is 21.5. The minimum absolute atomic E-state index is 0.0574. The monoisotopic (exact) mass is 241 g/mol. The van der Waals surface area contributed by atoms with E-state index in [2.05, 4.69) is 5.32 Å². The second-order valence-corrected chi connectivity index (χ2v) is 4.56. The summed E-state index contributed by atoms with van der Waals surface area (Å²) in [5.74, 6) is -0.339. The van der Waals surface area contributed by atoms with Crippen LogP contribution in [0.5, 0.6) is 0 Å². The Morgan fingerprint density at radius 3 is 3.00 bits per heavy atom. The Kier molecular flexibility index (Phi) is 3.19. The number of carboxylic acids is 1. The number of amides is 1. The maximum atomic E-state index is 10.9. The van der Waals surface area contributed by atoms with Crippen molar-refractivity contribution in [1.29, 1.82) is 0 Å². The van der Waals surface area contributed by atoms with Crippen LogP contribution in [-0.2, 0) is 4.79 Å². The molecular formula is C10H11NO4S. The number of carbonyl (C=O) groups excluding carboxylic acids is 1. The van der Waals surface area contributed by atoms with Crippen molar-refractivity contribution in [2.75, 3.05) is 5.75 Å². The van der Waals surface area contributed by atoms with E-state index in [1.54, 1.807) is 6.07 Å². The van der Waals surface area contributed by atoms with Crippen molar-refractivity contribution in [2.45, 2.75) is 24.0 Å². The first-order valence-electron chi connectivity index (χ1n) is 4.90. The molecule has 1 unspecified atom stereocenters. The Morgan fingerprint density at radius 2 is 2.44 bits per heavy atom. The van der Waals surface area contributed by atoms with Gasteiger partial charge in [0.15, 0.2) is 5.09 Å². The lowest BCUT2D eigenvalue weighted by molar-refractivity contribution is -0.119. The number of carbonyl (C=O) groups is 2. The van der Waals surface area contributed by atoms with Crippen LogP contribution in [0, 0.1) is 0 Å². The summed E-state index contributed by atoms with van der Waals surface area (Å²) in [7, 11) is 0. The Bertz CT molecular complexity index is 415. The van der Waals surface area contributed by atoms with Gasteiger partial charge in [-0.05, 0) is 18.6 Å². The second kappa shape index (κ2) is 4.61. The van der Waals surface area contributed by atoms with Crippen molar-refractivity contribution < 1.29 is 19.1 Å². The maximum absolute atomic E-state index is 10.9. The van der Waals surface area contributed by atoms with Crippen LogP contribution in [0.4, 0.5) is 0 Å². The molecule has 0 radical (unpaired) electrons. The smallest absolute Gasteiger partial charge is 0.371 e. The number of aromatic carboxylic acids is 1. The highest BCUT2D eigenvalue weighted by Gasteiger charge is 2.21. The van der Waals surface area contributed by atoms with E-state index in [4.69, 9.17) is 9.52 Å². The van der Waals surface area contributed by atoms with Crippen LogP contribution in [0.2, 0.25) is 0 Å². The molecule has 1 aromatic heterocycles. The third kappa shape index (κ3) is 2.57. The van der Waals surface area contributed by atoms with Gasteiger partial charge in [0, 0.05) is 18.2 Å². The Hall–Kier alpha value is -1.43. The molecule has 2 N–H and O–H groups in total. The first kappa shape index (κ1) is 11.1. The van der Waals surface area contributed by atoms with Crippen molar-refractivity contribution in [3.63, 3.8) is 0 Å². The molecule has 0 aliphatic carbocycles. The molecule has 16 heavy (non-hydrogen) atoms. The largest absolute Gasteiger partial charge is 0.475 e. The third-order valence-corrected chi connectivity index (χ3v) is 3.38. The van der Waals surface area contributed by atoms with Gasteiger partial charge in [0.05, 0.1) is 0 Å². The quantitative estimate of drug-likeness (QED) is 0.778. The number of nitrogens with one attached hydrogen (secondary N) is 1. The molecule has 0 aromatic carbocycles. The lowest BCUT2D eigenvalue weighted by Gasteiger charge is -2.06. The third-order valence-electron chi connectivity index (χ3n) is 2.30. The summed E-state index contributed by atoms with van der Waals surface area (Å²) >= 11 is 1.41. The summed E-state index contributed by atoms with van der Waals surface area (Å²) in [6.07, 6.45) is 1.40. The molecule has 2 rings (SSSR count). The first-order valence-corrected chi connectivity index (χ1v) is 5.89.